The van der Waals surface area contributed by atoms with E-state index >= 15 is 0 Å². The molecule has 6 heteroatoms. The van der Waals surface area contributed by atoms with Gasteiger partial charge in [-0.05, 0) is 81.3 Å². The van der Waals surface area contributed by atoms with Gasteiger partial charge in [0.1, 0.15) is 11.3 Å². The summed E-state index contributed by atoms with van der Waals surface area (Å²) in [6, 6.07) is 11.8. The number of hydrogen-bond donors (Lipinski definition) is 1. The van der Waals surface area contributed by atoms with Gasteiger partial charge in [-0.3, -0.25) is 4.79 Å². The van der Waals surface area contributed by atoms with E-state index in [9.17, 15) is 9.59 Å². The number of esters is 1. The lowest BCUT2D eigenvalue weighted by molar-refractivity contribution is -0.121. The summed E-state index contributed by atoms with van der Waals surface area (Å²) in [4.78, 5) is 27.9. The quantitative estimate of drug-likeness (QED) is 0.414. The Labute approximate surface area is 210 Å². The van der Waals surface area contributed by atoms with Gasteiger partial charge in [-0.1, -0.05) is 31.5 Å². The number of aryl methyl sites for hydroxylation is 1. The summed E-state index contributed by atoms with van der Waals surface area (Å²) in [6.45, 7) is 10.8. The molecule has 0 bridgehead atoms. The first kappa shape index (κ1) is 26.6. The normalized spacial score (nSPS) is 14.3. The number of nitrogens with one attached hydrogen (secondary N) is 1. The van der Waals surface area contributed by atoms with Crippen molar-refractivity contribution < 1.29 is 19.1 Å². The molecule has 2 aromatic rings. The molecule has 6 nitrogen and oxygen atoms in total. The summed E-state index contributed by atoms with van der Waals surface area (Å²) in [5, 5.41) is 3.29. The van der Waals surface area contributed by atoms with Crippen molar-refractivity contribution in [2.45, 2.75) is 72.3 Å². The van der Waals surface area contributed by atoms with Crippen molar-refractivity contribution >= 4 is 17.6 Å². The monoisotopic (exact) mass is 480 g/mol. The van der Waals surface area contributed by atoms with Gasteiger partial charge in [0.2, 0.25) is 5.91 Å². The predicted molar refractivity (Wildman–Crippen MR) is 140 cm³/mol. The van der Waals surface area contributed by atoms with Crippen LogP contribution in [0.5, 0.6) is 5.75 Å². The van der Waals surface area contributed by atoms with Crippen LogP contribution in [0.2, 0.25) is 0 Å². The molecule has 1 atom stereocenters. The number of carbonyl (C=O) groups is 2. The molecule has 2 aromatic carbocycles. The highest BCUT2D eigenvalue weighted by Crippen LogP contribution is 2.32. The Morgan fingerprint density at radius 3 is 2.46 bits per heavy atom. The molecular weight excluding hydrogens is 440 g/mol. The highest BCUT2D eigenvalue weighted by Gasteiger charge is 2.22. The first-order valence-corrected chi connectivity index (χ1v) is 13.0. The maximum atomic E-state index is 13.2. The van der Waals surface area contributed by atoms with E-state index in [-0.39, 0.29) is 18.4 Å². The molecule has 0 radical (unpaired) electrons. The Morgan fingerprint density at radius 1 is 1.00 bits per heavy atom. The standard InChI is InChI=1S/C29H40N2O4/c1-5-11-25(23-14-12-21(4)18-26(23)31-16-9-8-10-17-31)30-28(32)20-22-13-15-24(29(33)35-7-3)27(19-22)34-6-2/h12-15,18-19,25H,5-11,16-17,20H2,1-4H3,(H,30,32). The second-order valence-electron chi connectivity index (χ2n) is 9.18. The van der Waals surface area contributed by atoms with Gasteiger partial charge in [-0.25, -0.2) is 4.79 Å². The van der Waals surface area contributed by atoms with Gasteiger partial charge >= 0.3 is 5.97 Å². The number of rotatable bonds is 11. The Balaban J connectivity index is 1.79. The summed E-state index contributed by atoms with van der Waals surface area (Å²) in [7, 11) is 0. The molecule has 1 saturated heterocycles. The van der Waals surface area contributed by atoms with Crippen molar-refractivity contribution in [1.82, 2.24) is 5.32 Å². The van der Waals surface area contributed by atoms with Crippen molar-refractivity contribution in [3.63, 3.8) is 0 Å². The number of amides is 1. The fourth-order valence-electron chi connectivity index (χ4n) is 4.71. The molecule has 1 aliphatic heterocycles. The highest BCUT2D eigenvalue weighted by atomic mass is 16.5. The molecule has 0 saturated carbocycles. The van der Waals surface area contributed by atoms with E-state index in [2.05, 4.69) is 42.3 Å². The minimum atomic E-state index is -0.417. The molecule has 1 unspecified atom stereocenters. The molecule has 0 spiro atoms. The van der Waals surface area contributed by atoms with Gasteiger partial charge in [-0.2, -0.15) is 0 Å². The zero-order chi connectivity index (χ0) is 25.2. The Morgan fingerprint density at radius 2 is 1.77 bits per heavy atom. The van der Waals surface area contributed by atoms with E-state index < -0.39 is 5.97 Å². The van der Waals surface area contributed by atoms with Crippen LogP contribution >= 0.6 is 0 Å². The van der Waals surface area contributed by atoms with Crippen LogP contribution in [0.3, 0.4) is 0 Å². The molecule has 1 amide bonds. The van der Waals surface area contributed by atoms with Gasteiger partial charge < -0.3 is 19.7 Å². The molecule has 0 aliphatic carbocycles. The molecule has 3 rings (SSSR count). The van der Waals surface area contributed by atoms with Crippen LogP contribution in [0.1, 0.15) is 86.0 Å². The fourth-order valence-corrected chi connectivity index (χ4v) is 4.71. The molecule has 1 N–H and O–H groups in total. The zero-order valence-corrected chi connectivity index (χ0v) is 21.7. The topological polar surface area (TPSA) is 67.9 Å². The van der Waals surface area contributed by atoms with Gasteiger partial charge in [-0.15, -0.1) is 0 Å². The van der Waals surface area contributed by atoms with Crippen LogP contribution < -0.4 is 15.0 Å². The van der Waals surface area contributed by atoms with Gasteiger partial charge in [0, 0.05) is 18.8 Å². The third-order valence-corrected chi connectivity index (χ3v) is 6.38. The largest absolute Gasteiger partial charge is 0.493 e. The number of benzene rings is 2. The lowest BCUT2D eigenvalue weighted by atomic mass is 9.96. The summed E-state index contributed by atoms with van der Waals surface area (Å²) >= 11 is 0. The van der Waals surface area contributed by atoms with Crippen molar-refractivity contribution in [3.05, 3.63) is 58.7 Å². The second kappa shape index (κ2) is 13.2. The van der Waals surface area contributed by atoms with E-state index in [1.54, 1.807) is 25.1 Å². The van der Waals surface area contributed by atoms with Crippen molar-refractivity contribution in [1.29, 1.82) is 0 Å². The zero-order valence-electron chi connectivity index (χ0n) is 21.7. The van der Waals surface area contributed by atoms with Crippen LogP contribution in [-0.4, -0.2) is 38.2 Å². The van der Waals surface area contributed by atoms with E-state index in [0.717, 1.165) is 31.5 Å². The average molecular weight is 481 g/mol. The van der Waals surface area contributed by atoms with Gasteiger partial charge in [0.05, 0.1) is 25.7 Å². The third kappa shape index (κ3) is 7.23. The van der Waals surface area contributed by atoms with Crippen molar-refractivity contribution in [3.8, 4) is 5.75 Å². The van der Waals surface area contributed by atoms with Crippen molar-refractivity contribution in [2.75, 3.05) is 31.2 Å². The first-order valence-electron chi connectivity index (χ1n) is 13.0. The first-order chi connectivity index (χ1) is 17.0. The molecule has 190 valence electrons. The van der Waals surface area contributed by atoms with Crippen molar-refractivity contribution in [2.24, 2.45) is 0 Å². The molecule has 1 heterocycles. The Bertz CT molecular complexity index is 998. The van der Waals surface area contributed by atoms with Gasteiger partial charge in [0.15, 0.2) is 0 Å². The fraction of sp³-hybridized carbons (Fsp3) is 0.517. The Kier molecular flexibility index (Phi) is 10.0. The Hall–Kier alpha value is -3.02. The third-order valence-electron chi connectivity index (χ3n) is 6.38. The molecular formula is C29H40N2O4. The lowest BCUT2D eigenvalue weighted by Crippen LogP contribution is -2.34. The second-order valence-corrected chi connectivity index (χ2v) is 9.18. The van der Waals surface area contributed by atoms with Crippen LogP contribution in [0.4, 0.5) is 5.69 Å². The number of carbonyl (C=O) groups excluding carboxylic acids is 2. The minimum absolute atomic E-state index is 0.0417. The maximum absolute atomic E-state index is 13.2. The summed E-state index contributed by atoms with van der Waals surface area (Å²) in [5.41, 5.74) is 4.87. The number of piperidine rings is 1. The summed E-state index contributed by atoms with van der Waals surface area (Å²) in [6.07, 6.45) is 5.77. The number of nitrogens with zero attached hydrogens (tertiary/aromatic N) is 1. The van der Waals surface area contributed by atoms with E-state index in [4.69, 9.17) is 9.47 Å². The molecule has 1 fully saturated rings. The minimum Gasteiger partial charge on any atom is -0.493 e. The molecule has 35 heavy (non-hydrogen) atoms. The number of anilines is 1. The smallest absolute Gasteiger partial charge is 0.341 e. The number of ether oxygens (including phenoxy) is 2. The van der Waals surface area contributed by atoms with E-state index in [0.29, 0.717) is 24.5 Å². The van der Waals surface area contributed by atoms with Crippen LogP contribution in [-0.2, 0) is 16.0 Å². The van der Waals surface area contributed by atoms with Crippen LogP contribution in [0.25, 0.3) is 0 Å². The van der Waals surface area contributed by atoms with Gasteiger partial charge in [0.25, 0.3) is 0 Å². The van der Waals surface area contributed by atoms with Crippen LogP contribution in [0.15, 0.2) is 36.4 Å². The lowest BCUT2D eigenvalue weighted by Gasteiger charge is -2.33. The average Bonchev–Trinajstić information content (AvgIpc) is 2.85. The SMILES string of the molecule is CCCC(NC(=O)Cc1ccc(C(=O)OCC)c(OCC)c1)c1ccc(C)cc1N1CCCCC1. The number of hydrogen-bond acceptors (Lipinski definition) is 5. The predicted octanol–water partition coefficient (Wildman–Crippen LogP) is 5.76. The highest BCUT2D eigenvalue weighted by molar-refractivity contribution is 5.93. The summed E-state index contributed by atoms with van der Waals surface area (Å²) < 4.78 is 10.8. The maximum Gasteiger partial charge on any atom is 0.341 e. The van der Waals surface area contributed by atoms with Crippen LogP contribution in [0, 0.1) is 6.92 Å². The van der Waals surface area contributed by atoms with E-state index in [1.807, 2.05) is 6.92 Å². The molecule has 1 aliphatic rings. The molecule has 0 aromatic heterocycles. The van der Waals surface area contributed by atoms with E-state index in [1.165, 1.54) is 36.1 Å². The summed E-state index contributed by atoms with van der Waals surface area (Å²) in [5.74, 6) is -0.00759.